The predicted molar refractivity (Wildman–Crippen MR) is 106 cm³/mol. The van der Waals surface area contributed by atoms with Crippen molar-refractivity contribution in [3.05, 3.63) is 64.6 Å². The second-order valence-electron chi connectivity index (χ2n) is 5.26. The lowest BCUT2D eigenvalue weighted by molar-refractivity contribution is -0.210. The number of fused-ring (bicyclic) bond motifs is 1. The Hall–Kier alpha value is -2.12. The number of hydrogen-bond acceptors (Lipinski definition) is 6. The fourth-order valence-electron chi connectivity index (χ4n) is 2.28. The minimum Gasteiger partial charge on any atom is -0.744 e. The first-order valence-corrected chi connectivity index (χ1v) is 10.9. The van der Waals surface area contributed by atoms with Crippen molar-refractivity contribution < 1.29 is 36.9 Å². The van der Waals surface area contributed by atoms with Gasteiger partial charge in [-0.05, 0) is 35.4 Å². The average Bonchev–Trinajstić information content (AvgIpc) is 2.59. The van der Waals surface area contributed by atoms with Crippen LogP contribution in [0.1, 0.15) is 0 Å². The van der Waals surface area contributed by atoms with Crippen molar-refractivity contribution in [3.63, 3.8) is 0 Å². The van der Waals surface area contributed by atoms with Crippen molar-refractivity contribution >= 4 is 59.9 Å². The van der Waals surface area contributed by atoms with Crippen LogP contribution in [0.5, 0.6) is 0 Å². The molecule has 156 valence electrons. The normalized spacial score (nSPS) is 11.2. The van der Waals surface area contributed by atoms with Crippen molar-refractivity contribution in [2.45, 2.75) is 9.79 Å². The fourth-order valence-corrected chi connectivity index (χ4v) is 4.14. The zero-order valence-corrected chi connectivity index (χ0v) is 17.4. The highest BCUT2D eigenvalue weighted by Gasteiger charge is 2.16. The van der Waals surface area contributed by atoms with Crippen LogP contribution in [-0.4, -0.2) is 31.4 Å². The summed E-state index contributed by atoms with van der Waals surface area (Å²) >= 11 is 11.3. The third kappa shape index (κ3) is 6.18. The second kappa shape index (κ2) is 9.59. The van der Waals surface area contributed by atoms with Crippen LogP contribution in [0.3, 0.4) is 0 Å². The zero-order valence-electron chi connectivity index (χ0n) is 14.3. The molecule has 0 aliphatic heterocycles. The van der Waals surface area contributed by atoms with Crippen molar-refractivity contribution in [2.75, 3.05) is 0 Å². The molecule has 0 aliphatic carbocycles. The number of benzene rings is 3. The molecule has 0 saturated carbocycles. The second-order valence-corrected chi connectivity index (χ2v) is 8.84. The van der Waals surface area contributed by atoms with Gasteiger partial charge in [0.25, 0.3) is 10.1 Å². The minimum absolute atomic E-state index is 0. The van der Waals surface area contributed by atoms with E-state index < -0.39 is 30.0 Å². The van der Waals surface area contributed by atoms with Crippen LogP contribution >= 0.6 is 23.2 Å². The molecule has 0 aliphatic rings. The van der Waals surface area contributed by atoms with Gasteiger partial charge in [0.2, 0.25) is 0 Å². The van der Waals surface area contributed by atoms with Gasteiger partial charge in [-0.15, -0.1) is 0 Å². The molecule has 3 rings (SSSR count). The van der Waals surface area contributed by atoms with E-state index in [4.69, 9.17) is 33.3 Å². The lowest BCUT2D eigenvalue weighted by atomic mass is 10.1. The van der Waals surface area contributed by atoms with Gasteiger partial charge in [0.05, 0.1) is 9.92 Å². The number of hydrogen-bond donors (Lipinski definition) is 2. The Bertz CT molecular complexity index is 1190. The van der Waals surface area contributed by atoms with E-state index in [-0.39, 0.29) is 16.2 Å². The third-order valence-corrected chi connectivity index (χ3v) is 5.78. The first kappa shape index (κ1) is 24.9. The SMILES string of the molecule is O.O=S(=O)([O-])c1cccc2c(S(=O)(=O)O)cccc12.[NH2+]=Nc1ccc(Cl)cc1Cl. The zero-order chi connectivity index (χ0) is 21.1. The summed E-state index contributed by atoms with van der Waals surface area (Å²) in [7, 11) is -9.21. The molecule has 29 heavy (non-hydrogen) atoms. The Kier molecular flexibility index (Phi) is 8.24. The summed E-state index contributed by atoms with van der Waals surface area (Å²) in [6.07, 6.45) is 0. The summed E-state index contributed by atoms with van der Waals surface area (Å²) in [5, 5.41) is 4.41. The minimum atomic E-state index is -4.72. The first-order valence-electron chi connectivity index (χ1n) is 7.26. The summed E-state index contributed by atoms with van der Waals surface area (Å²) in [6, 6.07) is 12.2. The van der Waals surface area contributed by atoms with Gasteiger partial charge in [-0.25, -0.2) is 8.42 Å². The van der Waals surface area contributed by atoms with Crippen molar-refractivity contribution in [2.24, 2.45) is 5.11 Å². The van der Waals surface area contributed by atoms with Crippen LogP contribution in [-0.2, 0) is 20.2 Å². The Morgan fingerprint density at radius 3 is 1.86 bits per heavy atom. The maximum Gasteiger partial charge on any atom is 0.295 e. The van der Waals surface area contributed by atoms with Crippen molar-refractivity contribution in [3.8, 4) is 0 Å². The lowest BCUT2D eigenvalue weighted by Gasteiger charge is -2.11. The predicted octanol–water partition coefficient (Wildman–Crippen LogP) is 2.00. The molecule has 0 atom stereocenters. The summed E-state index contributed by atoms with van der Waals surface area (Å²) in [5.74, 6) is 0. The molecular weight excluding hydrogens is 467 g/mol. The number of nitrogens with two attached hydrogens (primary N) is 1. The fraction of sp³-hybridized carbons (Fsp3) is 0. The summed E-state index contributed by atoms with van der Waals surface area (Å²) < 4.78 is 64.4. The average molecular weight is 481 g/mol. The van der Waals surface area contributed by atoms with Crippen molar-refractivity contribution in [1.29, 1.82) is 0 Å². The van der Waals surface area contributed by atoms with Crippen LogP contribution in [0.2, 0.25) is 10.0 Å². The molecular formula is C16H14Cl2N2O7S2. The highest BCUT2D eigenvalue weighted by Crippen LogP contribution is 2.28. The third-order valence-electron chi connectivity index (χ3n) is 3.44. The topological polar surface area (TPSA) is 181 Å². The molecule has 0 unspecified atom stereocenters. The molecule has 3 aromatic rings. The van der Waals surface area contributed by atoms with Crippen LogP contribution in [0.4, 0.5) is 5.69 Å². The van der Waals surface area contributed by atoms with Crippen LogP contribution in [0, 0.1) is 0 Å². The number of rotatable bonds is 3. The summed E-state index contributed by atoms with van der Waals surface area (Å²) in [5.41, 5.74) is 5.55. The van der Waals surface area contributed by atoms with Gasteiger partial charge < -0.3 is 10.0 Å². The van der Waals surface area contributed by atoms with E-state index in [1.165, 1.54) is 24.3 Å². The largest absolute Gasteiger partial charge is 0.744 e. The first-order chi connectivity index (χ1) is 12.9. The Morgan fingerprint density at radius 1 is 0.897 bits per heavy atom. The van der Waals surface area contributed by atoms with E-state index in [0.717, 1.165) is 12.1 Å². The van der Waals surface area contributed by atoms with E-state index in [2.05, 4.69) is 5.11 Å². The van der Waals surface area contributed by atoms with E-state index in [1.54, 1.807) is 18.2 Å². The molecule has 0 bridgehead atoms. The quantitative estimate of drug-likeness (QED) is 0.426. The van der Waals surface area contributed by atoms with Gasteiger partial charge in [0, 0.05) is 15.8 Å². The maximum atomic E-state index is 11.1. The Morgan fingerprint density at radius 2 is 1.41 bits per heavy atom. The lowest BCUT2D eigenvalue weighted by Crippen LogP contribution is -2.21. The smallest absolute Gasteiger partial charge is 0.295 e. The number of nitrogens with zero attached hydrogens (tertiary/aromatic N) is 1. The monoisotopic (exact) mass is 480 g/mol. The summed E-state index contributed by atoms with van der Waals surface area (Å²) in [4.78, 5) is -0.962. The molecule has 0 spiro atoms. The van der Waals surface area contributed by atoms with E-state index in [1.807, 2.05) is 0 Å². The van der Waals surface area contributed by atoms with Gasteiger partial charge in [-0.3, -0.25) is 4.55 Å². The molecule has 9 nitrogen and oxygen atoms in total. The van der Waals surface area contributed by atoms with Gasteiger partial charge >= 0.3 is 0 Å². The highest BCUT2D eigenvalue weighted by molar-refractivity contribution is 7.86. The molecule has 0 radical (unpaired) electrons. The van der Waals surface area contributed by atoms with Gasteiger partial charge in [-0.2, -0.15) is 13.9 Å². The van der Waals surface area contributed by atoms with E-state index in [9.17, 15) is 21.4 Å². The number of halogens is 2. The Balaban J connectivity index is 0.000000327. The maximum absolute atomic E-state index is 11.1. The van der Waals surface area contributed by atoms with Crippen LogP contribution in [0.15, 0.2) is 69.5 Å². The highest BCUT2D eigenvalue weighted by atomic mass is 35.5. The molecule has 0 saturated heterocycles. The molecule has 0 amide bonds. The van der Waals surface area contributed by atoms with Crippen LogP contribution < -0.4 is 5.53 Å². The van der Waals surface area contributed by atoms with Gasteiger partial charge in [-0.1, -0.05) is 47.5 Å². The molecule has 0 aromatic heterocycles. The summed E-state index contributed by atoms with van der Waals surface area (Å²) in [6.45, 7) is 0. The Labute approximate surface area is 176 Å². The standard InChI is InChI=1S/C10H8O6S2.C6H4Cl2N2.H2O/c11-17(12,13)9-5-1-3-7-8(9)4-2-6-10(7)18(14,15)16;7-4-1-2-6(10-9)5(8)3-4;/h1-6H,(H,11,12,13)(H,14,15,16);1-3,9H;1H2. The molecule has 13 heteroatoms. The van der Waals surface area contributed by atoms with Crippen molar-refractivity contribution in [1.82, 2.24) is 0 Å². The molecule has 5 N–H and O–H groups in total. The van der Waals surface area contributed by atoms with Gasteiger partial charge in [0.15, 0.2) is 0 Å². The van der Waals surface area contributed by atoms with E-state index >= 15 is 0 Å². The molecule has 3 aromatic carbocycles. The van der Waals surface area contributed by atoms with E-state index in [0.29, 0.717) is 15.7 Å². The van der Waals surface area contributed by atoms with Gasteiger partial charge in [0.1, 0.15) is 20.7 Å². The molecule has 0 heterocycles. The molecule has 0 fully saturated rings. The van der Waals surface area contributed by atoms with Crippen LogP contribution in [0.25, 0.3) is 10.8 Å².